The second kappa shape index (κ2) is 5.21. The summed E-state index contributed by atoms with van der Waals surface area (Å²) in [6, 6.07) is 8.19. The maximum absolute atomic E-state index is 12.6. The van der Waals surface area contributed by atoms with Gasteiger partial charge < -0.3 is 5.73 Å². The monoisotopic (exact) mass is 213 g/mol. The number of nitrogens with two attached hydrogens (primary N) is 1. The standard InChI is InChI=1S/C12H17F2N/c1-8(2)10(11(15)12(13)14)9-6-4-3-5-7-9/h3-8,10-12H,15H2,1-2H3. The highest BCUT2D eigenvalue weighted by molar-refractivity contribution is 5.22. The minimum absolute atomic E-state index is 0.108. The molecule has 2 N–H and O–H groups in total. The molecular weight excluding hydrogens is 196 g/mol. The minimum atomic E-state index is -2.47. The van der Waals surface area contributed by atoms with Crippen molar-refractivity contribution in [2.45, 2.75) is 32.2 Å². The van der Waals surface area contributed by atoms with E-state index >= 15 is 0 Å². The summed E-state index contributed by atoms with van der Waals surface area (Å²) in [6.07, 6.45) is -2.47. The van der Waals surface area contributed by atoms with Gasteiger partial charge in [-0.3, -0.25) is 0 Å². The Balaban J connectivity index is 2.93. The van der Waals surface area contributed by atoms with Crippen molar-refractivity contribution in [3.8, 4) is 0 Å². The van der Waals surface area contributed by atoms with Gasteiger partial charge >= 0.3 is 0 Å². The van der Waals surface area contributed by atoms with Gasteiger partial charge in [-0.15, -0.1) is 0 Å². The van der Waals surface area contributed by atoms with Crippen LogP contribution in [0.1, 0.15) is 25.3 Å². The molecule has 1 rings (SSSR count). The van der Waals surface area contributed by atoms with Crippen molar-refractivity contribution < 1.29 is 8.78 Å². The van der Waals surface area contributed by atoms with Crippen molar-refractivity contribution in [2.75, 3.05) is 0 Å². The molecule has 0 saturated heterocycles. The lowest BCUT2D eigenvalue weighted by Crippen LogP contribution is -2.37. The Labute approximate surface area is 89.3 Å². The molecule has 0 aromatic heterocycles. The van der Waals surface area contributed by atoms with Gasteiger partial charge in [0.05, 0.1) is 6.04 Å². The first-order valence-corrected chi connectivity index (χ1v) is 5.12. The van der Waals surface area contributed by atoms with E-state index in [9.17, 15) is 8.78 Å². The van der Waals surface area contributed by atoms with Crippen molar-refractivity contribution in [1.82, 2.24) is 0 Å². The van der Waals surface area contributed by atoms with E-state index in [0.717, 1.165) is 5.56 Å². The molecule has 0 heterocycles. The topological polar surface area (TPSA) is 26.0 Å². The molecule has 0 spiro atoms. The van der Waals surface area contributed by atoms with Crippen molar-refractivity contribution in [1.29, 1.82) is 0 Å². The lowest BCUT2D eigenvalue weighted by Gasteiger charge is -2.27. The highest BCUT2D eigenvalue weighted by Gasteiger charge is 2.29. The average Bonchev–Trinajstić information content (AvgIpc) is 2.18. The molecule has 1 nitrogen and oxygen atoms in total. The van der Waals surface area contributed by atoms with Crippen LogP contribution in [0.2, 0.25) is 0 Å². The SMILES string of the molecule is CC(C)C(c1ccccc1)C(N)C(F)F. The van der Waals surface area contributed by atoms with Gasteiger partial charge in [-0.25, -0.2) is 8.78 Å². The van der Waals surface area contributed by atoms with Gasteiger partial charge in [0, 0.05) is 5.92 Å². The summed E-state index contributed by atoms with van der Waals surface area (Å²) in [4.78, 5) is 0. The predicted molar refractivity (Wildman–Crippen MR) is 58.0 cm³/mol. The van der Waals surface area contributed by atoms with Crippen molar-refractivity contribution in [2.24, 2.45) is 11.7 Å². The van der Waals surface area contributed by atoms with Crippen LogP contribution < -0.4 is 5.73 Å². The van der Waals surface area contributed by atoms with Gasteiger partial charge in [0.25, 0.3) is 6.43 Å². The fourth-order valence-corrected chi connectivity index (χ4v) is 1.88. The Morgan fingerprint density at radius 2 is 1.60 bits per heavy atom. The Morgan fingerprint density at radius 3 is 2.00 bits per heavy atom. The Morgan fingerprint density at radius 1 is 1.07 bits per heavy atom. The number of rotatable bonds is 4. The first-order chi connectivity index (χ1) is 7.04. The van der Waals surface area contributed by atoms with Crippen LogP contribution in [-0.2, 0) is 0 Å². The molecule has 2 unspecified atom stereocenters. The molecular formula is C12H17F2N. The number of hydrogen-bond donors (Lipinski definition) is 1. The van der Waals surface area contributed by atoms with Crippen LogP contribution in [0.15, 0.2) is 30.3 Å². The fraction of sp³-hybridized carbons (Fsp3) is 0.500. The molecule has 0 amide bonds. The van der Waals surface area contributed by atoms with E-state index in [2.05, 4.69) is 0 Å². The highest BCUT2D eigenvalue weighted by Crippen LogP contribution is 2.29. The first-order valence-electron chi connectivity index (χ1n) is 5.12. The Hall–Kier alpha value is -0.960. The summed E-state index contributed by atoms with van der Waals surface area (Å²) >= 11 is 0. The van der Waals surface area contributed by atoms with Crippen LogP contribution in [0.3, 0.4) is 0 Å². The smallest absolute Gasteiger partial charge is 0.254 e. The average molecular weight is 213 g/mol. The highest BCUT2D eigenvalue weighted by atomic mass is 19.3. The molecule has 1 aromatic rings. The van der Waals surface area contributed by atoms with Crippen molar-refractivity contribution >= 4 is 0 Å². The summed E-state index contributed by atoms with van der Waals surface area (Å²) in [5, 5.41) is 0. The normalized spacial score (nSPS) is 15.7. The first kappa shape index (κ1) is 12.1. The lowest BCUT2D eigenvalue weighted by atomic mass is 9.83. The van der Waals surface area contributed by atoms with Crippen LogP contribution in [0.4, 0.5) is 8.78 Å². The minimum Gasteiger partial charge on any atom is -0.322 e. The number of hydrogen-bond acceptors (Lipinski definition) is 1. The van der Waals surface area contributed by atoms with Gasteiger partial charge in [0.1, 0.15) is 0 Å². The summed E-state index contributed by atoms with van der Waals surface area (Å²) in [5.74, 6) is -0.178. The molecule has 0 radical (unpaired) electrons. The number of alkyl halides is 2. The van der Waals surface area contributed by atoms with Crippen LogP contribution >= 0.6 is 0 Å². The molecule has 3 heteroatoms. The largest absolute Gasteiger partial charge is 0.322 e. The third-order valence-corrected chi connectivity index (χ3v) is 2.61. The molecule has 0 saturated carbocycles. The van der Waals surface area contributed by atoms with Gasteiger partial charge in [0.2, 0.25) is 0 Å². The second-order valence-corrected chi connectivity index (χ2v) is 4.09. The van der Waals surface area contributed by atoms with Crippen LogP contribution in [0.25, 0.3) is 0 Å². The summed E-state index contributed by atoms with van der Waals surface area (Å²) in [7, 11) is 0. The molecule has 0 aliphatic rings. The molecule has 0 aliphatic heterocycles. The van der Waals surface area contributed by atoms with Gasteiger partial charge in [-0.05, 0) is 11.5 Å². The number of benzene rings is 1. The number of halogens is 2. The predicted octanol–water partition coefficient (Wildman–Crippen LogP) is 3.02. The zero-order valence-electron chi connectivity index (χ0n) is 9.03. The van der Waals surface area contributed by atoms with E-state index in [0.29, 0.717) is 0 Å². The van der Waals surface area contributed by atoms with E-state index in [1.165, 1.54) is 0 Å². The van der Waals surface area contributed by atoms with Gasteiger partial charge in [-0.1, -0.05) is 44.2 Å². The molecule has 84 valence electrons. The van der Waals surface area contributed by atoms with E-state index in [1.54, 1.807) is 0 Å². The van der Waals surface area contributed by atoms with Crippen molar-refractivity contribution in [3.63, 3.8) is 0 Å². The second-order valence-electron chi connectivity index (χ2n) is 4.09. The van der Waals surface area contributed by atoms with Crippen LogP contribution in [0.5, 0.6) is 0 Å². The third-order valence-electron chi connectivity index (χ3n) is 2.61. The fourth-order valence-electron chi connectivity index (χ4n) is 1.88. The van der Waals surface area contributed by atoms with Gasteiger partial charge in [-0.2, -0.15) is 0 Å². The zero-order chi connectivity index (χ0) is 11.4. The quantitative estimate of drug-likeness (QED) is 0.817. The molecule has 1 aromatic carbocycles. The molecule has 0 bridgehead atoms. The van der Waals surface area contributed by atoms with E-state index in [1.807, 2.05) is 44.2 Å². The van der Waals surface area contributed by atoms with Gasteiger partial charge in [0.15, 0.2) is 0 Å². The molecule has 0 fully saturated rings. The maximum Gasteiger partial charge on any atom is 0.254 e. The Bertz CT molecular complexity index is 285. The van der Waals surface area contributed by atoms with Crippen LogP contribution in [-0.4, -0.2) is 12.5 Å². The van der Waals surface area contributed by atoms with E-state index in [4.69, 9.17) is 5.73 Å². The molecule has 2 atom stereocenters. The maximum atomic E-state index is 12.6. The summed E-state index contributed by atoms with van der Waals surface area (Å²) < 4.78 is 25.2. The lowest BCUT2D eigenvalue weighted by molar-refractivity contribution is 0.0950. The van der Waals surface area contributed by atoms with E-state index < -0.39 is 12.5 Å². The Kier molecular flexibility index (Phi) is 4.21. The summed E-state index contributed by atoms with van der Waals surface area (Å²) in [6.45, 7) is 3.83. The van der Waals surface area contributed by atoms with Crippen LogP contribution in [0, 0.1) is 5.92 Å². The molecule has 0 aliphatic carbocycles. The van der Waals surface area contributed by atoms with Crippen molar-refractivity contribution in [3.05, 3.63) is 35.9 Å². The zero-order valence-corrected chi connectivity index (χ0v) is 9.03. The molecule has 15 heavy (non-hydrogen) atoms. The summed E-state index contributed by atoms with van der Waals surface area (Å²) in [5.41, 5.74) is 6.43. The third kappa shape index (κ3) is 2.99. The van der Waals surface area contributed by atoms with E-state index in [-0.39, 0.29) is 11.8 Å².